The van der Waals surface area contributed by atoms with Crippen LogP contribution in [-0.4, -0.2) is 11.2 Å². The number of hydrogen-bond donors (Lipinski definition) is 0. The molecule has 2 rings (SSSR count). The molecule has 2 nitrogen and oxygen atoms in total. The third-order valence-electron chi connectivity index (χ3n) is 2.87. The molecule has 0 unspecified atom stereocenters. The maximum atomic E-state index is 5.64. The highest BCUT2D eigenvalue weighted by Gasteiger charge is 2.02. The molecule has 0 radical (unpaired) electrons. The second kappa shape index (κ2) is 6.16. The molecule has 0 aliphatic carbocycles. The van der Waals surface area contributed by atoms with Crippen molar-refractivity contribution in [3.05, 3.63) is 30.5 Å². The summed E-state index contributed by atoms with van der Waals surface area (Å²) in [5.41, 5.74) is 1.25. The van der Waals surface area contributed by atoms with Crippen LogP contribution < -0.4 is 4.74 Å². The summed E-state index contributed by atoms with van der Waals surface area (Å²) in [6.45, 7) is 5.71. The summed E-state index contributed by atoms with van der Waals surface area (Å²) in [4.78, 5) is 0. The first kappa shape index (κ1) is 12.6. The fourth-order valence-electron chi connectivity index (χ4n) is 1.98. The quantitative estimate of drug-likeness (QED) is 0.725. The molecule has 2 heteroatoms. The molecule has 0 atom stereocenters. The van der Waals surface area contributed by atoms with E-state index < -0.39 is 0 Å². The second-order valence-corrected chi connectivity index (χ2v) is 4.25. The molecular weight excluding hydrogens is 222 g/mol. The minimum absolute atomic E-state index is 0.776. The molecule has 0 fully saturated rings. The van der Waals surface area contributed by atoms with Crippen LogP contribution in [0.1, 0.15) is 26.7 Å². The Morgan fingerprint density at radius 2 is 2.17 bits per heavy atom. The lowest BCUT2D eigenvalue weighted by molar-refractivity contribution is 0.318. The van der Waals surface area contributed by atoms with Crippen LogP contribution in [0.15, 0.2) is 30.5 Å². The van der Waals surface area contributed by atoms with Crippen molar-refractivity contribution in [1.29, 1.82) is 0 Å². The molecule has 0 saturated heterocycles. The molecule has 0 bridgehead atoms. The summed E-state index contributed by atoms with van der Waals surface area (Å²) >= 11 is 0. The molecule has 0 aliphatic rings. The molecule has 1 aromatic heterocycles. The average Bonchev–Trinajstić information content (AvgIpc) is 2.79. The van der Waals surface area contributed by atoms with Gasteiger partial charge in [0, 0.05) is 30.1 Å². The third kappa shape index (κ3) is 2.87. The molecule has 94 valence electrons. The molecule has 2 aromatic rings. The van der Waals surface area contributed by atoms with Gasteiger partial charge in [0.15, 0.2) is 0 Å². The minimum atomic E-state index is 0.776. The number of fused-ring (bicyclic) bond motifs is 1. The zero-order chi connectivity index (χ0) is 12.8. The van der Waals surface area contributed by atoms with E-state index in [1.165, 1.54) is 10.9 Å². The van der Waals surface area contributed by atoms with E-state index in [2.05, 4.69) is 47.7 Å². The van der Waals surface area contributed by atoms with Crippen molar-refractivity contribution in [1.82, 2.24) is 4.57 Å². The summed E-state index contributed by atoms with van der Waals surface area (Å²) in [6, 6.07) is 8.40. The largest absolute Gasteiger partial charge is 0.494 e. The van der Waals surface area contributed by atoms with Crippen molar-refractivity contribution < 1.29 is 4.74 Å². The molecule has 1 heterocycles. The van der Waals surface area contributed by atoms with Gasteiger partial charge >= 0.3 is 0 Å². The van der Waals surface area contributed by atoms with Crippen LogP contribution in [0.25, 0.3) is 10.9 Å². The Bertz CT molecular complexity index is 572. The summed E-state index contributed by atoms with van der Waals surface area (Å²) in [5, 5.41) is 1.23. The highest BCUT2D eigenvalue weighted by atomic mass is 16.5. The lowest BCUT2D eigenvalue weighted by atomic mass is 10.2. The Balaban J connectivity index is 2.17. The van der Waals surface area contributed by atoms with E-state index >= 15 is 0 Å². The first-order valence-electron chi connectivity index (χ1n) is 6.46. The molecule has 18 heavy (non-hydrogen) atoms. The van der Waals surface area contributed by atoms with Gasteiger partial charge in [-0.2, -0.15) is 0 Å². The number of benzene rings is 1. The summed E-state index contributed by atoms with van der Waals surface area (Å²) < 4.78 is 7.88. The Kier molecular flexibility index (Phi) is 4.30. The zero-order valence-electron chi connectivity index (χ0n) is 11.1. The number of nitrogens with zero attached hydrogens (tertiary/aromatic N) is 1. The van der Waals surface area contributed by atoms with Gasteiger partial charge in [-0.15, -0.1) is 11.8 Å². The number of ether oxygens (including phenoxy) is 1. The van der Waals surface area contributed by atoms with Crippen molar-refractivity contribution in [2.24, 2.45) is 0 Å². The van der Waals surface area contributed by atoms with Crippen LogP contribution in [0, 0.1) is 11.8 Å². The standard InChI is InChI=1S/C16H19NO/c1-3-5-6-10-17-11-9-14-13-15(18-12-4-2)7-8-16(14)17/h7-9,11,13H,4,6,10,12H2,1-2H3. The normalized spacial score (nSPS) is 10.1. The Hall–Kier alpha value is -1.88. The number of hydrogen-bond acceptors (Lipinski definition) is 1. The van der Waals surface area contributed by atoms with Gasteiger partial charge in [-0.3, -0.25) is 0 Å². The van der Waals surface area contributed by atoms with Crippen molar-refractivity contribution >= 4 is 10.9 Å². The van der Waals surface area contributed by atoms with Crippen molar-refractivity contribution in [3.63, 3.8) is 0 Å². The monoisotopic (exact) mass is 241 g/mol. The number of aryl methyl sites for hydroxylation is 1. The van der Waals surface area contributed by atoms with Gasteiger partial charge < -0.3 is 9.30 Å². The van der Waals surface area contributed by atoms with Crippen LogP contribution in [-0.2, 0) is 6.54 Å². The summed E-state index contributed by atoms with van der Waals surface area (Å²) in [5.74, 6) is 6.98. The first-order chi connectivity index (χ1) is 8.85. The van der Waals surface area contributed by atoms with E-state index in [-0.39, 0.29) is 0 Å². The van der Waals surface area contributed by atoms with Gasteiger partial charge in [-0.05, 0) is 37.6 Å². The predicted octanol–water partition coefficient (Wildman–Crippen LogP) is 3.84. The summed E-state index contributed by atoms with van der Waals surface area (Å²) in [7, 11) is 0. The lowest BCUT2D eigenvalue weighted by Gasteiger charge is -2.06. The van der Waals surface area contributed by atoms with Gasteiger partial charge in [0.2, 0.25) is 0 Å². The highest BCUT2D eigenvalue weighted by molar-refractivity contribution is 5.81. The van der Waals surface area contributed by atoms with Crippen molar-refractivity contribution in [2.75, 3.05) is 6.61 Å². The zero-order valence-corrected chi connectivity index (χ0v) is 11.1. The summed E-state index contributed by atoms with van der Waals surface area (Å²) in [6.07, 6.45) is 4.05. The number of rotatable bonds is 5. The highest BCUT2D eigenvalue weighted by Crippen LogP contribution is 2.22. The van der Waals surface area contributed by atoms with Gasteiger partial charge in [-0.25, -0.2) is 0 Å². The van der Waals surface area contributed by atoms with Crippen LogP contribution in [0.2, 0.25) is 0 Å². The van der Waals surface area contributed by atoms with Gasteiger partial charge in [-0.1, -0.05) is 6.92 Å². The molecule has 0 aliphatic heterocycles. The predicted molar refractivity (Wildman–Crippen MR) is 75.8 cm³/mol. The molecule has 1 aromatic carbocycles. The molecular formula is C16H19NO. The van der Waals surface area contributed by atoms with Gasteiger partial charge in [0.25, 0.3) is 0 Å². The lowest BCUT2D eigenvalue weighted by Crippen LogP contribution is -1.96. The van der Waals surface area contributed by atoms with E-state index in [0.29, 0.717) is 0 Å². The maximum Gasteiger partial charge on any atom is 0.120 e. The Morgan fingerprint density at radius 1 is 1.28 bits per heavy atom. The maximum absolute atomic E-state index is 5.64. The Morgan fingerprint density at radius 3 is 2.94 bits per heavy atom. The van der Waals surface area contributed by atoms with E-state index in [4.69, 9.17) is 4.74 Å². The van der Waals surface area contributed by atoms with Crippen LogP contribution in [0.4, 0.5) is 0 Å². The SMILES string of the molecule is CC#CCCn1ccc2cc(OCCC)ccc21. The van der Waals surface area contributed by atoms with Crippen molar-refractivity contribution in [3.8, 4) is 17.6 Å². The van der Waals surface area contributed by atoms with Crippen LogP contribution >= 0.6 is 0 Å². The fourth-order valence-corrected chi connectivity index (χ4v) is 1.98. The molecule has 0 saturated carbocycles. The number of aromatic nitrogens is 1. The van der Waals surface area contributed by atoms with Gasteiger partial charge in [0.1, 0.15) is 5.75 Å². The van der Waals surface area contributed by atoms with Crippen LogP contribution in [0.5, 0.6) is 5.75 Å². The second-order valence-electron chi connectivity index (χ2n) is 4.25. The van der Waals surface area contributed by atoms with E-state index in [0.717, 1.165) is 31.7 Å². The fraction of sp³-hybridized carbons (Fsp3) is 0.375. The Labute approximate surface area is 109 Å². The minimum Gasteiger partial charge on any atom is -0.494 e. The molecule has 0 amide bonds. The first-order valence-corrected chi connectivity index (χ1v) is 6.46. The topological polar surface area (TPSA) is 14.2 Å². The molecule has 0 N–H and O–H groups in total. The smallest absolute Gasteiger partial charge is 0.120 e. The van der Waals surface area contributed by atoms with Crippen molar-refractivity contribution in [2.45, 2.75) is 33.2 Å². The van der Waals surface area contributed by atoms with E-state index in [9.17, 15) is 0 Å². The third-order valence-corrected chi connectivity index (χ3v) is 2.87. The molecule has 0 spiro atoms. The van der Waals surface area contributed by atoms with Crippen LogP contribution in [0.3, 0.4) is 0 Å². The average molecular weight is 241 g/mol. The van der Waals surface area contributed by atoms with E-state index in [1.54, 1.807) is 0 Å². The van der Waals surface area contributed by atoms with E-state index in [1.807, 2.05) is 13.0 Å². The van der Waals surface area contributed by atoms with Gasteiger partial charge in [0.05, 0.1) is 6.61 Å².